The second-order valence-electron chi connectivity index (χ2n) is 7.99. The van der Waals surface area contributed by atoms with Gasteiger partial charge in [-0.15, -0.1) is 0 Å². The molecular formula is C25H18N2O6S. The van der Waals surface area contributed by atoms with Gasteiger partial charge in [0.15, 0.2) is 11.6 Å². The average molecular weight is 474 g/mol. The Hall–Kier alpha value is -4.08. The number of aliphatic carboxylic acids is 1. The zero-order valence-electron chi connectivity index (χ0n) is 17.6. The molecule has 0 fully saturated rings. The molecule has 9 heteroatoms. The zero-order chi connectivity index (χ0) is 24.0. The van der Waals surface area contributed by atoms with Gasteiger partial charge in [0.2, 0.25) is 10.0 Å². The van der Waals surface area contributed by atoms with Gasteiger partial charge in [0, 0.05) is 45.8 Å². The Morgan fingerprint density at radius 3 is 2.21 bits per heavy atom. The van der Waals surface area contributed by atoms with Crippen molar-refractivity contribution < 1.29 is 27.9 Å². The van der Waals surface area contributed by atoms with E-state index in [4.69, 9.17) is 0 Å². The number of carboxylic acids is 1. The first kappa shape index (κ1) is 21.7. The third-order valence-electron chi connectivity index (χ3n) is 5.90. The lowest BCUT2D eigenvalue weighted by molar-refractivity contribution is -0.138. The number of hydrogen-bond donors (Lipinski definition) is 3. The highest BCUT2D eigenvalue weighted by Gasteiger charge is 2.32. The summed E-state index contributed by atoms with van der Waals surface area (Å²) in [4.78, 5) is 40.3. The molecule has 1 aliphatic carbocycles. The molecule has 0 radical (unpaired) electrons. The highest BCUT2D eigenvalue weighted by atomic mass is 32.2. The molecule has 170 valence electrons. The van der Waals surface area contributed by atoms with E-state index in [1.165, 1.54) is 18.2 Å². The normalized spacial score (nSPS) is 14.0. The number of carbonyl (C=O) groups is 3. The lowest BCUT2D eigenvalue weighted by Gasteiger charge is -2.19. The lowest BCUT2D eigenvalue weighted by Crippen LogP contribution is -2.42. The second-order valence-corrected chi connectivity index (χ2v) is 9.70. The molecule has 0 bridgehead atoms. The second kappa shape index (κ2) is 8.05. The predicted molar refractivity (Wildman–Crippen MR) is 123 cm³/mol. The van der Waals surface area contributed by atoms with Crippen LogP contribution in [0.1, 0.15) is 37.4 Å². The third kappa shape index (κ3) is 3.60. The number of fused-ring (bicyclic) bond motifs is 3. The number of benzene rings is 3. The number of nitrogens with one attached hydrogen (secondary N) is 2. The molecule has 1 atom stereocenters. The molecule has 5 rings (SSSR count). The monoisotopic (exact) mass is 474 g/mol. The summed E-state index contributed by atoms with van der Waals surface area (Å²) in [6, 6.07) is 15.8. The van der Waals surface area contributed by atoms with Crippen molar-refractivity contribution in [1.82, 2.24) is 9.71 Å². The Balaban J connectivity index is 1.47. The van der Waals surface area contributed by atoms with E-state index >= 15 is 0 Å². The topological polar surface area (TPSA) is 133 Å². The van der Waals surface area contributed by atoms with Crippen molar-refractivity contribution in [3.8, 4) is 0 Å². The van der Waals surface area contributed by atoms with Crippen LogP contribution in [0.15, 0.2) is 77.8 Å². The molecule has 34 heavy (non-hydrogen) atoms. The number of aromatic amines is 1. The number of carboxylic acid groups (broad SMARTS) is 1. The van der Waals surface area contributed by atoms with Crippen LogP contribution in [0.5, 0.6) is 0 Å². The molecule has 0 saturated carbocycles. The number of carbonyl (C=O) groups excluding carboxylic acids is 2. The number of rotatable bonds is 6. The molecule has 1 aromatic heterocycles. The van der Waals surface area contributed by atoms with E-state index in [9.17, 15) is 27.9 Å². The van der Waals surface area contributed by atoms with Crippen molar-refractivity contribution in [3.05, 3.63) is 101 Å². The first-order chi connectivity index (χ1) is 16.3. The number of H-pyrrole nitrogens is 1. The molecule has 0 unspecified atom stereocenters. The summed E-state index contributed by atoms with van der Waals surface area (Å²) in [5, 5.41) is 10.5. The van der Waals surface area contributed by atoms with Gasteiger partial charge in [-0.2, -0.15) is 4.72 Å². The molecular weight excluding hydrogens is 456 g/mol. The van der Waals surface area contributed by atoms with Gasteiger partial charge >= 0.3 is 5.97 Å². The molecule has 8 nitrogen and oxygen atoms in total. The Kier molecular flexibility index (Phi) is 5.15. The molecule has 0 amide bonds. The third-order valence-corrected chi connectivity index (χ3v) is 7.37. The van der Waals surface area contributed by atoms with Crippen molar-refractivity contribution in [1.29, 1.82) is 0 Å². The number of sulfonamides is 1. The molecule has 0 aliphatic heterocycles. The van der Waals surface area contributed by atoms with Crippen LogP contribution in [0.4, 0.5) is 0 Å². The Labute approximate surface area is 194 Å². The van der Waals surface area contributed by atoms with Gasteiger partial charge in [-0.25, -0.2) is 8.42 Å². The summed E-state index contributed by atoms with van der Waals surface area (Å²) in [6.07, 6.45) is 1.56. The van der Waals surface area contributed by atoms with E-state index < -0.39 is 27.8 Å². The van der Waals surface area contributed by atoms with Crippen molar-refractivity contribution in [2.24, 2.45) is 0 Å². The van der Waals surface area contributed by atoms with Crippen molar-refractivity contribution >= 4 is 38.5 Å². The number of ketones is 2. The molecule has 1 aliphatic rings. The number of para-hydroxylation sites is 1. The Morgan fingerprint density at radius 2 is 1.50 bits per heavy atom. The maximum Gasteiger partial charge on any atom is 0.322 e. The minimum Gasteiger partial charge on any atom is -0.480 e. The molecule has 4 aromatic rings. The quantitative estimate of drug-likeness (QED) is 0.347. The fourth-order valence-corrected chi connectivity index (χ4v) is 5.42. The smallest absolute Gasteiger partial charge is 0.322 e. The van der Waals surface area contributed by atoms with Crippen LogP contribution in [0.3, 0.4) is 0 Å². The van der Waals surface area contributed by atoms with Crippen LogP contribution in [0.25, 0.3) is 10.9 Å². The van der Waals surface area contributed by atoms with Crippen LogP contribution < -0.4 is 4.72 Å². The number of aromatic nitrogens is 1. The fourth-order valence-electron chi connectivity index (χ4n) is 4.20. The summed E-state index contributed by atoms with van der Waals surface area (Å²) < 4.78 is 28.4. The summed E-state index contributed by atoms with van der Waals surface area (Å²) >= 11 is 0. The average Bonchev–Trinajstić information content (AvgIpc) is 3.24. The summed E-state index contributed by atoms with van der Waals surface area (Å²) in [6.45, 7) is 0. The number of hydrogen-bond acceptors (Lipinski definition) is 5. The van der Waals surface area contributed by atoms with E-state index in [0.29, 0.717) is 5.56 Å². The molecule has 0 saturated heterocycles. The van der Waals surface area contributed by atoms with E-state index in [-0.39, 0.29) is 39.4 Å². The van der Waals surface area contributed by atoms with Crippen molar-refractivity contribution in [3.63, 3.8) is 0 Å². The van der Waals surface area contributed by atoms with Gasteiger partial charge in [-0.1, -0.05) is 42.5 Å². The first-order valence-corrected chi connectivity index (χ1v) is 11.9. The van der Waals surface area contributed by atoms with Gasteiger partial charge in [-0.3, -0.25) is 14.4 Å². The van der Waals surface area contributed by atoms with Crippen LogP contribution in [-0.2, 0) is 21.2 Å². The van der Waals surface area contributed by atoms with Crippen LogP contribution in [0, 0.1) is 0 Å². The Bertz CT molecular complexity index is 1600. The van der Waals surface area contributed by atoms with Gasteiger partial charge in [0.05, 0.1) is 4.90 Å². The SMILES string of the molecule is O=C1c2ccccc2C(=O)c2cc(S(=O)(=O)N[C@@H](Cc3c[nH]c4ccccc34)C(=O)O)ccc21. The fraction of sp³-hybridized carbons (Fsp3) is 0.0800. The lowest BCUT2D eigenvalue weighted by atomic mass is 9.84. The largest absolute Gasteiger partial charge is 0.480 e. The van der Waals surface area contributed by atoms with Gasteiger partial charge in [-0.05, 0) is 29.8 Å². The standard InChI is InChI=1S/C25H18N2O6S/c28-23-17-6-1-2-7-18(17)24(29)20-12-15(9-10-19(20)23)34(32,33)27-22(25(30)31)11-14-13-26-21-8-4-3-5-16(14)21/h1-10,12-13,22,26-27H,11H2,(H,30,31)/t22-/m0/s1. The van der Waals surface area contributed by atoms with Gasteiger partial charge in [0.1, 0.15) is 6.04 Å². The minimum absolute atomic E-state index is 0.0323. The predicted octanol–water partition coefficient (Wildman–Crippen LogP) is 2.92. The van der Waals surface area contributed by atoms with E-state index in [2.05, 4.69) is 9.71 Å². The van der Waals surface area contributed by atoms with E-state index in [1.807, 2.05) is 24.3 Å². The van der Waals surface area contributed by atoms with Crippen LogP contribution in [0.2, 0.25) is 0 Å². The maximum absolute atomic E-state index is 13.1. The molecule has 3 aromatic carbocycles. The van der Waals surface area contributed by atoms with Crippen LogP contribution in [-0.4, -0.2) is 42.1 Å². The van der Waals surface area contributed by atoms with Gasteiger partial charge in [0.25, 0.3) is 0 Å². The first-order valence-electron chi connectivity index (χ1n) is 10.4. The van der Waals surface area contributed by atoms with Crippen molar-refractivity contribution in [2.45, 2.75) is 17.4 Å². The summed E-state index contributed by atoms with van der Waals surface area (Å²) in [5.74, 6) is -2.17. The van der Waals surface area contributed by atoms with E-state index in [1.54, 1.807) is 24.4 Å². The molecule has 1 heterocycles. The van der Waals surface area contributed by atoms with E-state index in [0.717, 1.165) is 17.0 Å². The maximum atomic E-state index is 13.1. The highest BCUT2D eigenvalue weighted by molar-refractivity contribution is 7.89. The zero-order valence-corrected chi connectivity index (χ0v) is 18.4. The summed E-state index contributed by atoms with van der Waals surface area (Å²) in [7, 11) is -4.32. The molecule has 0 spiro atoms. The van der Waals surface area contributed by atoms with Crippen LogP contribution >= 0.6 is 0 Å². The summed E-state index contributed by atoms with van der Waals surface area (Å²) in [5.41, 5.74) is 1.99. The van der Waals surface area contributed by atoms with Crippen molar-refractivity contribution in [2.75, 3.05) is 0 Å². The van der Waals surface area contributed by atoms with Gasteiger partial charge < -0.3 is 10.1 Å². The Morgan fingerprint density at radius 1 is 0.882 bits per heavy atom. The molecule has 3 N–H and O–H groups in total. The highest BCUT2D eigenvalue weighted by Crippen LogP contribution is 2.29. The minimum atomic E-state index is -4.32.